The first-order valence-corrected chi connectivity index (χ1v) is 12.0. The molecule has 0 fully saturated rings. The molecule has 0 aromatic heterocycles. The Balaban J connectivity index is 1.84. The van der Waals surface area contributed by atoms with E-state index in [1.165, 1.54) is 0 Å². The first-order valence-electron chi connectivity index (χ1n) is 11.7. The number of hydrogen-bond donors (Lipinski definition) is 2. The van der Waals surface area contributed by atoms with Crippen LogP contribution in [0.1, 0.15) is 45.2 Å². The third-order valence-electron chi connectivity index (χ3n) is 6.09. The van der Waals surface area contributed by atoms with E-state index in [9.17, 15) is 9.59 Å². The van der Waals surface area contributed by atoms with E-state index in [1.807, 2.05) is 56.3 Å². The number of carbonyl (C=O) groups is 2. The third-order valence-corrected chi connectivity index (χ3v) is 6.45. The van der Waals surface area contributed by atoms with Gasteiger partial charge in [-0.05, 0) is 74.1 Å². The lowest BCUT2D eigenvalue weighted by Crippen LogP contribution is -2.60. The molecule has 0 saturated carbocycles. The van der Waals surface area contributed by atoms with Gasteiger partial charge in [-0.3, -0.25) is 4.79 Å². The first kappa shape index (κ1) is 24.9. The molecule has 0 saturated heterocycles. The third kappa shape index (κ3) is 5.99. The number of benzene rings is 2. The van der Waals surface area contributed by atoms with E-state index in [0.717, 1.165) is 29.9 Å². The van der Waals surface area contributed by atoms with Crippen molar-refractivity contribution in [1.29, 1.82) is 0 Å². The molecule has 1 aliphatic carbocycles. The number of halogens is 1. The van der Waals surface area contributed by atoms with Crippen LogP contribution < -0.4 is 15.5 Å². The summed E-state index contributed by atoms with van der Waals surface area (Å²) in [6, 6.07) is 13.5. The lowest BCUT2D eigenvalue weighted by molar-refractivity contribution is -0.122. The van der Waals surface area contributed by atoms with Crippen LogP contribution in [0.4, 0.5) is 16.2 Å². The van der Waals surface area contributed by atoms with Crippen molar-refractivity contribution in [1.82, 2.24) is 5.32 Å². The summed E-state index contributed by atoms with van der Waals surface area (Å²) in [5.74, 6) is -0.0727. The minimum absolute atomic E-state index is 0.200. The quantitative estimate of drug-likeness (QED) is 0.538. The van der Waals surface area contributed by atoms with Crippen LogP contribution in [0.2, 0.25) is 5.02 Å². The van der Waals surface area contributed by atoms with Crippen LogP contribution in [0.5, 0.6) is 0 Å². The van der Waals surface area contributed by atoms with Crippen LogP contribution in [0, 0.1) is 5.92 Å². The van der Waals surface area contributed by atoms with Crippen LogP contribution in [0.3, 0.4) is 0 Å². The Labute approximate surface area is 201 Å². The number of amides is 2. The normalized spacial score (nSPS) is 17.3. The maximum Gasteiger partial charge on any atom is 0.408 e. The zero-order valence-electron chi connectivity index (χ0n) is 19.9. The van der Waals surface area contributed by atoms with Crippen molar-refractivity contribution in [3.63, 3.8) is 0 Å². The highest BCUT2D eigenvalue weighted by Crippen LogP contribution is 2.34. The van der Waals surface area contributed by atoms with Gasteiger partial charge in [-0.25, -0.2) is 4.79 Å². The number of aryl methyl sites for hydroxylation is 1. The fraction of sp³-hybridized carbons (Fsp3) is 0.462. The molecule has 0 aliphatic heterocycles. The van der Waals surface area contributed by atoms with Crippen LogP contribution >= 0.6 is 11.6 Å². The summed E-state index contributed by atoms with van der Waals surface area (Å²) in [6.07, 6.45) is 0.809. The molecular formula is C26H34ClN3O3. The number of fused-ring (bicyclic) bond motifs is 1. The van der Waals surface area contributed by atoms with E-state index < -0.39 is 11.6 Å². The highest BCUT2D eigenvalue weighted by molar-refractivity contribution is 6.31. The van der Waals surface area contributed by atoms with Gasteiger partial charge >= 0.3 is 6.09 Å². The van der Waals surface area contributed by atoms with Gasteiger partial charge in [0.05, 0.1) is 6.61 Å². The predicted octanol–water partition coefficient (Wildman–Crippen LogP) is 5.43. The summed E-state index contributed by atoms with van der Waals surface area (Å²) in [5, 5.41) is 6.49. The van der Waals surface area contributed by atoms with E-state index in [-0.39, 0.29) is 18.4 Å². The number of hydrogen-bond acceptors (Lipinski definition) is 4. The topological polar surface area (TPSA) is 70.7 Å². The van der Waals surface area contributed by atoms with Gasteiger partial charge in [0.15, 0.2) is 0 Å². The Kier molecular flexibility index (Phi) is 8.25. The van der Waals surface area contributed by atoms with Crippen molar-refractivity contribution < 1.29 is 14.3 Å². The Morgan fingerprint density at radius 1 is 1.12 bits per heavy atom. The number of rotatable bonds is 8. The molecule has 7 heteroatoms. The fourth-order valence-corrected chi connectivity index (χ4v) is 4.46. The summed E-state index contributed by atoms with van der Waals surface area (Å²) in [5.41, 5.74) is 2.62. The molecule has 0 bridgehead atoms. The smallest absolute Gasteiger partial charge is 0.408 e. The first-order chi connectivity index (χ1) is 15.8. The van der Waals surface area contributed by atoms with Crippen LogP contribution in [-0.2, 0) is 22.4 Å². The fourth-order valence-electron chi connectivity index (χ4n) is 4.20. The number of anilines is 2. The number of carbonyl (C=O) groups excluding carboxylic acids is 2. The highest BCUT2D eigenvalue weighted by Gasteiger charge is 2.44. The second kappa shape index (κ2) is 10.9. The highest BCUT2D eigenvalue weighted by atomic mass is 35.5. The van der Waals surface area contributed by atoms with Gasteiger partial charge in [0.2, 0.25) is 0 Å². The molecule has 0 spiro atoms. The molecule has 1 aliphatic rings. The van der Waals surface area contributed by atoms with Crippen molar-refractivity contribution in [2.75, 3.05) is 29.9 Å². The number of alkyl carbamates (subject to hydrolysis) is 1. The molecule has 2 aromatic rings. The molecule has 33 heavy (non-hydrogen) atoms. The largest absolute Gasteiger partial charge is 0.449 e. The summed E-state index contributed by atoms with van der Waals surface area (Å²) in [7, 11) is 0. The molecule has 0 radical (unpaired) electrons. The SMILES string of the molecule is CCN(CC)c1ccc(NC(=O)C2(NC(=O)OCC(C)C)CCc3cccc(Cl)c3C2)cc1. The second-order valence-electron chi connectivity index (χ2n) is 8.93. The van der Waals surface area contributed by atoms with E-state index in [1.54, 1.807) is 0 Å². The Morgan fingerprint density at radius 2 is 1.82 bits per heavy atom. The summed E-state index contributed by atoms with van der Waals surface area (Å²) in [6.45, 7) is 10.3. The van der Waals surface area contributed by atoms with Gasteiger partial charge in [-0.15, -0.1) is 0 Å². The van der Waals surface area contributed by atoms with E-state index >= 15 is 0 Å². The van der Waals surface area contributed by atoms with Gasteiger partial charge in [0.1, 0.15) is 5.54 Å². The lowest BCUT2D eigenvalue weighted by atomic mass is 9.77. The zero-order chi connectivity index (χ0) is 24.0. The van der Waals surface area contributed by atoms with E-state index in [2.05, 4.69) is 29.4 Å². The van der Waals surface area contributed by atoms with Gasteiger partial charge in [0.25, 0.3) is 5.91 Å². The molecule has 0 heterocycles. The average Bonchev–Trinajstić information content (AvgIpc) is 2.80. The Bertz CT molecular complexity index is 973. The van der Waals surface area contributed by atoms with Crippen LogP contribution in [0.15, 0.2) is 42.5 Å². The van der Waals surface area contributed by atoms with Gasteiger partial charge < -0.3 is 20.3 Å². The van der Waals surface area contributed by atoms with Crippen molar-refractivity contribution in [3.8, 4) is 0 Å². The molecule has 1 unspecified atom stereocenters. The van der Waals surface area contributed by atoms with Gasteiger partial charge in [-0.2, -0.15) is 0 Å². The molecule has 178 valence electrons. The van der Waals surface area contributed by atoms with E-state index in [4.69, 9.17) is 16.3 Å². The minimum atomic E-state index is -1.15. The molecular weight excluding hydrogens is 438 g/mol. The molecule has 2 amide bonds. The van der Waals surface area contributed by atoms with Crippen molar-refractivity contribution in [2.24, 2.45) is 5.92 Å². The number of nitrogens with zero attached hydrogens (tertiary/aromatic N) is 1. The predicted molar refractivity (Wildman–Crippen MR) is 134 cm³/mol. The zero-order valence-corrected chi connectivity index (χ0v) is 20.7. The lowest BCUT2D eigenvalue weighted by Gasteiger charge is -2.37. The molecule has 2 aromatic carbocycles. The molecule has 1 atom stereocenters. The van der Waals surface area contributed by atoms with Crippen molar-refractivity contribution in [2.45, 2.75) is 52.5 Å². The van der Waals surface area contributed by atoms with Crippen LogP contribution in [-0.4, -0.2) is 37.2 Å². The minimum Gasteiger partial charge on any atom is -0.449 e. The summed E-state index contributed by atoms with van der Waals surface area (Å²) >= 11 is 6.47. The monoisotopic (exact) mass is 471 g/mol. The van der Waals surface area contributed by atoms with Crippen LogP contribution in [0.25, 0.3) is 0 Å². The van der Waals surface area contributed by atoms with E-state index in [0.29, 0.717) is 30.0 Å². The number of ether oxygens (including phenoxy) is 1. The van der Waals surface area contributed by atoms with Crippen molar-refractivity contribution >= 4 is 35.0 Å². The average molecular weight is 472 g/mol. The van der Waals surface area contributed by atoms with Gasteiger partial charge in [-0.1, -0.05) is 37.6 Å². The standard InChI is InChI=1S/C26H34ClN3O3/c1-5-30(6-2)21-12-10-20(11-13-21)28-24(31)26(29-25(32)33-17-18(3)4)15-14-19-8-7-9-23(27)22(19)16-26/h7-13,18H,5-6,14-17H2,1-4H3,(H,28,31)(H,29,32). The summed E-state index contributed by atoms with van der Waals surface area (Å²) < 4.78 is 5.35. The second-order valence-corrected chi connectivity index (χ2v) is 9.33. The Morgan fingerprint density at radius 3 is 2.45 bits per heavy atom. The maximum absolute atomic E-state index is 13.6. The number of nitrogens with one attached hydrogen (secondary N) is 2. The molecule has 2 N–H and O–H groups in total. The van der Waals surface area contributed by atoms with Crippen molar-refractivity contribution in [3.05, 3.63) is 58.6 Å². The molecule has 6 nitrogen and oxygen atoms in total. The molecule has 3 rings (SSSR count). The van der Waals surface area contributed by atoms with Gasteiger partial charge in [0, 0.05) is 35.9 Å². The summed E-state index contributed by atoms with van der Waals surface area (Å²) in [4.78, 5) is 28.4. The Hall–Kier alpha value is -2.73. The maximum atomic E-state index is 13.6.